The van der Waals surface area contributed by atoms with Gasteiger partial charge in [-0.25, -0.2) is 0 Å². The van der Waals surface area contributed by atoms with Crippen LogP contribution < -0.4 is 11.1 Å². The average Bonchev–Trinajstić information content (AvgIpc) is 2.18. The number of rotatable bonds is 1. The number of nitrogens with one attached hydrogen (secondary N) is 1. The van der Waals surface area contributed by atoms with Crippen molar-refractivity contribution in [2.45, 2.75) is 6.92 Å². The maximum Gasteiger partial charge on any atom is 0.168 e. The average molecular weight is 217 g/mol. The molecule has 0 radical (unpaired) electrons. The summed E-state index contributed by atoms with van der Waals surface area (Å²) in [5, 5.41) is 4.25. The lowest BCUT2D eigenvalue weighted by Gasteiger charge is -2.07. The number of benzene rings is 1. The lowest BCUT2D eigenvalue weighted by Crippen LogP contribution is -2.19. The standard InChI is InChI=1S/C11H11N3S/c1-7-5-6-8-3-2-4-9(10(8)13-7)14-11(12)15/h2-6H,1H3,(H3,12,14,15). The molecule has 3 N–H and O–H groups in total. The Hall–Kier alpha value is -1.68. The van der Waals surface area contributed by atoms with E-state index in [2.05, 4.69) is 10.3 Å². The third-order valence-corrected chi connectivity index (χ3v) is 2.22. The fourth-order valence-electron chi connectivity index (χ4n) is 1.48. The molecule has 0 spiro atoms. The number of hydrogen-bond donors (Lipinski definition) is 2. The Morgan fingerprint density at radius 1 is 1.33 bits per heavy atom. The zero-order valence-corrected chi connectivity index (χ0v) is 9.14. The second-order valence-corrected chi connectivity index (χ2v) is 3.76. The second kappa shape index (κ2) is 3.82. The zero-order chi connectivity index (χ0) is 10.8. The van der Waals surface area contributed by atoms with Crippen LogP contribution in [0.2, 0.25) is 0 Å². The van der Waals surface area contributed by atoms with Gasteiger partial charge in [0.1, 0.15) is 0 Å². The minimum atomic E-state index is 0.255. The van der Waals surface area contributed by atoms with E-state index in [-0.39, 0.29) is 5.11 Å². The van der Waals surface area contributed by atoms with Crippen molar-refractivity contribution in [1.29, 1.82) is 0 Å². The molecule has 0 aliphatic carbocycles. The molecule has 0 unspecified atom stereocenters. The summed E-state index contributed by atoms with van der Waals surface area (Å²) in [6.45, 7) is 1.96. The fraction of sp³-hybridized carbons (Fsp3) is 0.0909. The molecule has 0 aliphatic heterocycles. The van der Waals surface area contributed by atoms with E-state index in [4.69, 9.17) is 18.0 Å². The highest BCUT2D eigenvalue weighted by Crippen LogP contribution is 2.21. The number of fused-ring (bicyclic) bond motifs is 1. The number of nitrogens with zero attached hydrogens (tertiary/aromatic N) is 1. The van der Waals surface area contributed by atoms with Crippen LogP contribution in [0.4, 0.5) is 5.69 Å². The van der Waals surface area contributed by atoms with Crippen LogP contribution in [0.5, 0.6) is 0 Å². The van der Waals surface area contributed by atoms with Gasteiger partial charge < -0.3 is 11.1 Å². The topological polar surface area (TPSA) is 50.9 Å². The minimum absolute atomic E-state index is 0.255. The molecule has 0 bridgehead atoms. The van der Waals surface area contributed by atoms with E-state index < -0.39 is 0 Å². The maximum atomic E-state index is 5.45. The quantitative estimate of drug-likeness (QED) is 0.719. The van der Waals surface area contributed by atoms with E-state index >= 15 is 0 Å². The van der Waals surface area contributed by atoms with Gasteiger partial charge in [-0.1, -0.05) is 18.2 Å². The van der Waals surface area contributed by atoms with Crippen LogP contribution in [0.1, 0.15) is 5.69 Å². The van der Waals surface area contributed by atoms with E-state index in [1.165, 1.54) is 0 Å². The molecule has 1 aromatic carbocycles. The van der Waals surface area contributed by atoms with Crippen LogP contribution in [0, 0.1) is 6.92 Å². The molecular formula is C11H11N3S. The van der Waals surface area contributed by atoms with Crippen LogP contribution in [0.3, 0.4) is 0 Å². The van der Waals surface area contributed by atoms with Gasteiger partial charge in [-0.15, -0.1) is 0 Å². The fourth-order valence-corrected chi connectivity index (χ4v) is 1.59. The molecule has 2 rings (SSSR count). The molecule has 3 nitrogen and oxygen atoms in total. The van der Waals surface area contributed by atoms with Gasteiger partial charge in [0, 0.05) is 11.1 Å². The first-order valence-corrected chi connectivity index (χ1v) is 5.00. The Kier molecular flexibility index (Phi) is 2.51. The first-order chi connectivity index (χ1) is 7.16. The molecular weight excluding hydrogens is 206 g/mol. The Morgan fingerprint density at radius 3 is 2.87 bits per heavy atom. The molecule has 1 aromatic heterocycles. The summed E-state index contributed by atoms with van der Waals surface area (Å²) in [6, 6.07) is 9.87. The molecule has 0 saturated carbocycles. The van der Waals surface area contributed by atoms with Gasteiger partial charge >= 0.3 is 0 Å². The summed E-state index contributed by atoms with van der Waals surface area (Å²) < 4.78 is 0. The molecule has 1 heterocycles. The predicted octanol–water partition coefficient (Wildman–Crippen LogP) is 2.20. The third-order valence-electron chi connectivity index (χ3n) is 2.12. The van der Waals surface area contributed by atoms with Crippen molar-refractivity contribution >= 4 is 33.9 Å². The Balaban J connectivity index is 2.63. The Morgan fingerprint density at radius 2 is 2.13 bits per heavy atom. The zero-order valence-electron chi connectivity index (χ0n) is 8.32. The summed E-state index contributed by atoms with van der Waals surface area (Å²) in [5.41, 5.74) is 8.16. The number of nitrogens with two attached hydrogens (primary N) is 1. The molecule has 0 saturated heterocycles. The SMILES string of the molecule is Cc1ccc2cccc(NC(N)=S)c2n1. The summed E-state index contributed by atoms with van der Waals surface area (Å²) in [4.78, 5) is 4.45. The van der Waals surface area contributed by atoms with Crippen LogP contribution in [0.15, 0.2) is 30.3 Å². The minimum Gasteiger partial charge on any atom is -0.376 e. The highest BCUT2D eigenvalue weighted by molar-refractivity contribution is 7.80. The van der Waals surface area contributed by atoms with Crippen molar-refractivity contribution in [3.8, 4) is 0 Å². The van der Waals surface area contributed by atoms with Crippen molar-refractivity contribution in [2.24, 2.45) is 5.73 Å². The summed E-state index contributed by atoms with van der Waals surface area (Å²) >= 11 is 4.81. The number of pyridine rings is 1. The molecule has 0 amide bonds. The Labute approximate surface area is 93.3 Å². The molecule has 0 atom stereocenters. The van der Waals surface area contributed by atoms with Crippen LogP contribution in [-0.4, -0.2) is 10.1 Å². The van der Waals surface area contributed by atoms with E-state index in [9.17, 15) is 0 Å². The van der Waals surface area contributed by atoms with E-state index in [1.54, 1.807) is 0 Å². The Bertz CT molecular complexity index is 522. The van der Waals surface area contributed by atoms with E-state index in [0.717, 1.165) is 22.3 Å². The normalized spacial score (nSPS) is 10.2. The van der Waals surface area contributed by atoms with Crippen molar-refractivity contribution in [2.75, 3.05) is 5.32 Å². The predicted molar refractivity (Wildman–Crippen MR) is 66.9 cm³/mol. The number of para-hydroxylation sites is 1. The maximum absolute atomic E-state index is 5.45. The third kappa shape index (κ3) is 2.05. The van der Waals surface area contributed by atoms with Gasteiger partial charge in [-0.05, 0) is 31.3 Å². The molecule has 4 heteroatoms. The molecule has 2 aromatic rings. The van der Waals surface area contributed by atoms with E-state index in [1.807, 2.05) is 37.3 Å². The number of aryl methyl sites for hydroxylation is 1. The monoisotopic (exact) mass is 217 g/mol. The first kappa shape index (κ1) is 9.86. The number of hydrogen-bond acceptors (Lipinski definition) is 2. The van der Waals surface area contributed by atoms with Gasteiger partial charge in [0.25, 0.3) is 0 Å². The van der Waals surface area contributed by atoms with Crippen molar-refractivity contribution in [3.05, 3.63) is 36.0 Å². The largest absolute Gasteiger partial charge is 0.376 e. The first-order valence-electron chi connectivity index (χ1n) is 4.59. The lowest BCUT2D eigenvalue weighted by atomic mass is 10.2. The van der Waals surface area contributed by atoms with Crippen molar-refractivity contribution in [1.82, 2.24) is 4.98 Å². The van der Waals surface area contributed by atoms with Gasteiger partial charge in [0.2, 0.25) is 0 Å². The van der Waals surface area contributed by atoms with Crippen LogP contribution in [-0.2, 0) is 0 Å². The van der Waals surface area contributed by atoms with Crippen LogP contribution >= 0.6 is 12.2 Å². The number of aromatic nitrogens is 1. The molecule has 0 fully saturated rings. The lowest BCUT2D eigenvalue weighted by molar-refractivity contribution is 1.26. The highest BCUT2D eigenvalue weighted by Gasteiger charge is 2.02. The molecule has 15 heavy (non-hydrogen) atoms. The van der Waals surface area contributed by atoms with Gasteiger partial charge in [-0.3, -0.25) is 4.98 Å². The molecule has 0 aliphatic rings. The van der Waals surface area contributed by atoms with Crippen molar-refractivity contribution in [3.63, 3.8) is 0 Å². The summed E-state index contributed by atoms with van der Waals surface area (Å²) in [6.07, 6.45) is 0. The summed E-state index contributed by atoms with van der Waals surface area (Å²) in [5.74, 6) is 0. The number of thiocarbonyl (C=S) groups is 1. The number of anilines is 1. The highest BCUT2D eigenvalue weighted by atomic mass is 32.1. The van der Waals surface area contributed by atoms with Crippen LogP contribution in [0.25, 0.3) is 10.9 Å². The van der Waals surface area contributed by atoms with Gasteiger partial charge in [0.15, 0.2) is 5.11 Å². The van der Waals surface area contributed by atoms with Gasteiger partial charge in [-0.2, -0.15) is 0 Å². The second-order valence-electron chi connectivity index (χ2n) is 3.32. The smallest absolute Gasteiger partial charge is 0.168 e. The van der Waals surface area contributed by atoms with Crippen molar-refractivity contribution < 1.29 is 0 Å². The van der Waals surface area contributed by atoms with Gasteiger partial charge in [0.05, 0.1) is 11.2 Å². The summed E-state index contributed by atoms with van der Waals surface area (Å²) in [7, 11) is 0. The molecule has 76 valence electrons. The van der Waals surface area contributed by atoms with E-state index in [0.29, 0.717) is 0 Å².